The van der Waals surface area contributed by atoms with E-state index in [1.165, 1.54) is 154 Å². The molecule has 8 nitrogen and oxygen atoms in total. The number of hydrogen-bond donors (Lipinski definition) is 2. The lowest BCUT2D eigenvalue weighted by atomic mass is 10.0. The van der Waals surface area contributed by atoms with Crippen LogP contribution in [0.4, 0.5) is 0 Å². The molecule has 0 fully saturated rings. The molecule has 0 rings (SSSR count). The van der Waals surface area contributed by atoms with Gasteiger partial charge in [-0.3, -0.25) is 0 Å². The van der Waals surface area contributed by atoms with E-state index in [4.69, 9.17) is 0 Å². The summed E-state index contributed by atoms with van der Waals surface area (Å²) in [6.45, 7) is 5.24. The van der Waals surface area contributed by atoms with Gasteiger partial charge in [-0.2, -0.15) is 0 Å². The van der Waals surface area contributed by atoms with E-state index in [2.05, 4.69) is 22.9 Å². The van der Waals surface area contributed by atoms with Crippen molar-refractivity contribution in [1.82, 2.24) is 12.3 Å². The van der Waals surface area contributed by atoms with E-state index in [0.717, 1.165) is 25.7 Å². The van der Waals surface area contributed by atoms with Gasteiger partial charge in [0.2, 0.25) is 0 Å². The lowest BCUT2D eigenvalue weighted by Gasteiger charge is -2.02. The Kier molecular flexibility index (Phi) is 52.8. The van der Waals surface area contributed by atoms with Crippen LogP contribution < -0.4 is 22.1 Å². The quantitative estimate of drug-likeness (QED) is 0.0544. The predicted molar refractivity (Wildman–Crippen MR) is 180 cm³/mol. The zero-order valence-corrected chi connectivity index (χ0v) is 30.3. The van der Waals surface area contributed by atoms with Crippen LogP contribution in [0.5, 0.6) is 0 Å². The van der Waals surface area contributed by atoms with E-state index in [0.29, 0.717) is 13.2 Å². The summed E-state index contributed by atoms with van der Waals surface area (Å²) in [6.07, 6.45) is 36.6. The molecule has 0 saturated carbocycles. The molecule has 0 aromatic heterocycles. The third-order valence-electron chi connectivity index (χ3n) is 7.39. The van der Waals surface area contributed by atoms with E-state index < -0.39 is 16.5 Å². The molecule has 0 heterocycles. The molecule has 8 N–H and O–H groups in total. The van der Waals surface area contributed by atoms with Gasteiger partial charge in [0.1, 0.15) is 13.2 Å². The van der Waals surface area contributed by atoms with Crippen LogP contribution in [0.1, 0.15) is 194 Å². The molecule has 0 aromatic carbocycles. The summed E-state index contributed by atoms with van der Waals surface area (Å²) in [5.74, 6) is 0. The third kappa shape index (κ3) is 52.6. The molecular weight excluding hydrogens is 570 g/mol. The molecule has 42 heavy (non-hydrogen) atoms. The Bertz CT molecular complexity index is 475. The molecule has 0 radical (unpaired) electrons. The molecule has 0 aliphatic rings. The molecule has 2 unspecified atom stereocenters. The number of hydrogen-bond acceptors (Lipinski definition) is 6. The van der Waals surface area contributed by atoms with Gasteiger partial charge in [-0.25, -0.2) is 0 Å². The highest BCUT2D eigenvalue weighted by Crippen LogP contribution is 2.16. The molecule has 0 saturated heterocycles. The molecule has 0 aromatic rings. The molecule has 2 atom stereocenters. The van der Waals surface area contributed by atoms with Crippen LogP contribution in [0.2, 0.25) is 0 Å². The van der Waals surface area contributed by atoms with Gasteiger partial charge < -0.3 is 22.1 Å². The second kappa shape index (κ2) is 45.4. The second-order valence-electron chi connectivity index (χ2n) is 11.3. The van der Waals surface area contributed by atoms with Crippen LogP contribution in [0.25, 0.3) is 0 Å². The minimum atomic E-state index is -2.64. The monoisotopic (exact) mass is 645 g/mol. The van der Waals surface area contributed by atoms with E-state index >= 15 is 0 Å². The van der Waals surface area contributed by atoms with Gasteiger partial charge in [0.25, 0.3) is 0 Å². The summed E-state index contributed by atoms with van der Waals surface area (Å²) in [6, 6.07) is 0. The Balaban J connectivity index is -0.000000328. The van der Waals surface area contributed by atoms with Crippen LogP contribution in [0.15, 0.2) is 0 Å². The van der Waals surface area contributed by atoms with E-state index in [1.54, 1.807) is 0 Å². The number of unbranched alkanes of at least 4 members (excludes halogenated alkanes) is 26. The standard InChI is InChI=1S/2C16H33O3P.2H3N/c2*1-2-3-4-5-6-7-8-9-10-11-12-13-14-15-16-19-20(17)18;;/h2*2-16H2,1H3;2*1H3/p+2. The SMILES string of the molecule is CCCCCCCCCCCCCCCCO[P+](=O)[O-].CCCCCCCCCCCCCCCCO[P+](=O)[O-].[NH4+].[NH4+]. The zero-order chi connectivity index (χ0) is 29.8. The summed E-state index contributed by atoms with van der Waals surface area (Å²) >= 11 is 0. The van der Waals surface area contributed by atoms with Crippen molar-refractivity contribution in [1.29, 1.82) is 0 Å². The van der Waals surface area contributed by atoms with Gasteiger partial charge in [-0.05, 0) is 22.0 Å². The normalized spacial score (nSPS) is 11.2. The summed E-state index contributed by atoms with van der Waals surface area (Å²) < 4.78 is 29.3. The van der Waals surface area contributed by atoms with Crippen LogP contribution in [0.3, 0.4) is 0 Å². The highest BCUT2D eigenvalue weighted by Gasteiger charge is 2.01. The van der Waals surface area contributed by atoms with Gasteiger partial charge in [-0.15, -0.1) is 9.05 Å². The minimum Gasteiger partial charge on any atom is -0.566 e. The van der Waals surface area contributed by atoms with Gasteiger partial charge in [-0.1, -0.05) is 181 Å². The Morgan fingerprint density at radius 2 is 0.524 bits per heavy atom. The Hall–Kier alpha value is -0.0400. The van der Waals surface area contributed by atoms with Crippen LogP contribution in [-0.2, 0) is 18.2 Å². The molecule has 10 heteroatoms. The Labute approximate surface area is 263 Å². The van der Waals surface area contributed by atoms with Crippen molar-refractivity contribution in [3.8, 4) is 0 Å². The first-order valence-electron chi connectivity index (χ1n) is 17.1. The van der Waals surface area contributed by atoms with Crippen molar-refractivity contribution in [3.63, 3.8) is 0 Å². The lowest BCUT2D eigenvalue weighted by Crippen LogP contribution is -1.94. The van der Waals surface area contributed by atoms with E-state index in [9.17, 15) is 18.9 Å². The molecule has 256 valence electrons. The lowest BCUT2D eigenvalue weighted by molar-refractivity contribution is -0.186. The minimum absolute atomic E-state index is 0. The fraction of sp³-hybridized carbons (Fsp3) is 1.00. The van der Waals surface area contributed by atoms with Crippen molar-refractivity contribution in [2.45, 2.75) is 194 Å². The predicted octanol–water partition coefficient (Wildman–Crippen LogP) is 11.8. The highest BCUT2D eigenvalue weighted by atomic mass is 31.1. The van der Waals surface area contributed by atoms with Crippen LogP contribution in [0, 0.1) is 0 Å². The fourth-order valence-electron chi connectivity index (χ4n) is 4.87. The average Bonchev–Trinajstić information content (AvgIpc) is 2.93. The molecular formula is C32H74N2O6P2+2. The first-order valence-corrected chi connectivity index (χ1v) is 19.3. The highest BCUT2D eigenvalue weighted by molar-refractivity contribution is 7.30. The smallest absolute Gasteiger partial charge is 0.488 e. The average molecular weight is 645 g/mol. The van der Waals surface area contributed by atoms with Gasteiger partial charge in [0, 0.05) is 0 Å². The summed E-state index contributed by atoms with van der Waals surface area (Å²) in [7, 11) is -5.28. The molecule has 0 aliphatic carbocycles. The second-order valence-corrected chi connectivity index (χ2v) is 12.7. The van der Waals surface area contributed by atoms with E-state index in [1.807, 2.05) is 0 Å². The van der Waals surface area contributed by atoms with E-state index in [-0.39, 0.29) is 12.3 Å². The van der Waals surface area contributed by atoms with Crippen molar-refractivity contribution in [2.24, 2.45) is 0 Å². The molecule has 0 bridgehead atoms. The number of quaternary nitrogens is 2. The maximum Gasteiger partial charge on any atom is 0.488 e. The fourth-order valence-corrected chi connectivity index (χ4v) is 5.43. The zero-order valence-electron chi connectivity index (χ0n) is 28.6. The van der Waals surface area contributed by atoms with Crippen LogP contribution in [-0.4, -0.2) is 13.2 Å². The summed E-state index contributed by atoms with van der Waals surface area (Å²) in [5.41, 5.74) is 0. The number of rotatable bonds is 32. The third-order valence-corrected chi connectivity index (χ3v) is 8.18. The van der Waals surface area contributed by atoms with Gasteiger partial charge in [0.05, 0.1) is 0 Å². The Morgan fingerprint density at radius 1 is 0.357 bits per heavy atom. The van der Waals surface area contributed by atoms with Gasteiger partial charge in [0.15, 0.2) is 0 Å². The van der Waals surface area contributed by atoms with Crippen molar-refractivity contribution >= 4 is 16.5 Å². The Morgan fingerprint density at radius 3 is 0.690 bits per heavy atom. The molecule has 0 aliphatic heterocycles. The van der Waals surface area contributed by atoms with Gasteiger partial charge >= 0.3 is 16.5 Å². The molecule has 0 amide bonds. The summed E-state index contributed by atoms with van der Waals surface area (Å²) in [5, 5.41) is 0. The van der Waals surface area contributed by atoms with Crippen molar-refractivity contribution < 1.29 is 28.0 Å². The first-order chi connectivity index (χ1) is 19.5. The maximum atomic E-state index is 10.1. The molecule has 0 spiro atoms. The maximum absolute atomic E-state index is 10.1. The van der Waals surface area contributed by atoms with Crippen molar-refractivity contribution in [3.05, 3.63) is 0 Å². The summed E-state index contributed by atoms with van der Waals surface area (Å²) in [4.78, 5) is 20.3. The van der Waals surface area contributed by atoms with Crippen molar-refractivity contribution in [2.75, 3.05) is 13.2 Å². The first kappa shape index (κ1) is 48.9. The van der Waals surface area contributed by atoms with Crippen LogP contribution >= 0.6 is 16.5 Å². The largest absolute Gasteiger partial charge is 0.566 e. The topological polar surface area (TPSA) is 172 Å².